The smallest absolute Gasteiger partial charge is 0.321 e. The lowest BCUT2D eigenvalue weighted by Crippen LogP contribution is -2.39. The van der Waals surface area contributed by atoms with Crippen LogP contribution in [0.25, 0.3) is 0 Å². The maximum atomic E-state index is 11.7. The third-order valence-corrected chi connectivity index (χ3v) is 3.58. The minimum atomic E-state index is -0.575. The van der Waals surface area contributed by atoms with E-state index in [-0.39, 0.29) is 12.3 Å². The number of aromatic nitrogens is 4. The van der Waals surface area contributed by atoms with Gasteiger partial charge in [-0.2, -0.15) is 0 Å². The zero-order valence-corrected chi connectivity index (χ0v) is 13.7. The highest BCUT2D eigenvalue weighted by Gasteiger charge is 2.13. The maximum absolute atomic E-state index is 11.7. The molecule has 0 bridgehead atoms. The van der Waals surface area contributed by atoms with Gasteiger partial charge in [0, 0.05) is 6.54 Å². The quantitative estimate of drug-likeness (QED) is 0.725. The van der Waals surface area contributed by atoms with Crippen molar-refractivity contribution in [3.8, 4) is 0 Å². The van der Waals surface area contributed by atoms with E-state index in [0.29, 0.717) is 23.4 Å². The third-order valence-electron chi connectivity index (χ3n) is 2.63. The molecule has 2 heterocycles. The predicted octanol–water partition coefficient (Wildman–Crippen LogP) is 1.04. The molecule has 2 aromatic rings. The highest BCUT2D eigenvalue weighted by Crippen LogP contribution is 2.14. The second-order valence-corrected chi connectivity index (χ2v) is 6.08. The van der Waals surface area contributed by atoms with E-state index in [9.17, 15) is 9.59 Å². The molecule has 124 valence electrons. The van der Waals surface area contributed by atoms with E-state index in [0.717, 1.165) is 0 Å². The van der Waals surface area contributed by atoms with Crippen LogP contribution in [0.15, 0.2) is 28.0 Å². The number of nitrogens with zero attached hydrogens (tertiary/aromatic N) is 4. The minimum Gasteiger partial charge on any atom is -0.467 e. The summed E-state index contributed by atoms with van der Waals surface area (Å²) in [7, 11) is 0. The van der Waals surface area contributed by atoms with Crippen LogP contribution in [0.5, 0.6) is 0 Å². The van der Waals surface area contributed by atoms with E-state index >= 15 is 0 Å². The second kappa shape index (κ2) is 8.32. The molecule has 2 N–H and O–H groups in total. The van der Waals surface area contributed by atoms with Gasteiger partial charge in [-0.1, -0.05) is 25.6 Å². The summed E-state index contributed by atoms with van der Waals surface area (Å²) in [4.78, 5) is 23.3. The molecular formula is C13H18N6O3S. The van der Waals surface area contributed by atoms with Crippen molar-refractivity contribution >= 4 is 23.7 Å². The average molecular weight is 338 g/mol. The van der Waals surface area contributed by atoms with E-state index in [1.807, 2.05) is 13.8 Å². The van der Waals surface area contributed by atoms with Crippen LogP contribution in [0.3, 0.4) is 0 Å². The molecule has 0 saturated heterocycles. The summed E-state index contributed by atoms with van der Waals surface area (Å²) in [5.41, 5.74) is 0. The molecule has 2 aromatic heterocycles. The molecule has 0 unspecified atom stereocenters. The van der Waals surface area contributed by atoms with Crippen LogP contribution in [0.2, 0.25) is 0 Å². The Labute approximate surface area is 137 Å². The summed E-state index contributed by atoms with van der Waals surface area (Å²) in [6, 6.07) is 2.87. The zero-order valence-electron chi connectivity index (χ0n) is 12.9. The molecule has 23 heavy (non-hydrogen) atoms. The first kappa shape index (κ1) is 17.0. The van der Waals surface area contributed by atoms with Crippen LogP contribution < -0.4 is 10.6 Å². The van der Waals surface area contributed by atoms with Gasteiger partial charge in [0.15, 0.2) is 0 Å². The van der Waals surface area contributed by atoms with Crippen molar-refractivity contribution in [2.75, 3.05) is 5.75 Å². The van der Waals surface area contributed by atoms with E-state index in [1.54, 1.807) is 16.8 Å². The number of nitrogens with one attached hydrogen (secondary N) is 2. The van der Waals surface area contributed by atoms with Gasteiger partial charge in [0.25, 0.3) is 0 Å². The number of hydrogen-bond acceptors (Lipinski definition) is 7. The molecule has 3 amide bonds. The molecule has 0 saturated carbocycles. The topological polar surface area (TPSA) is 115 Å². The largest absolute Gasteiger partial charge is 0.467 e. The van der Waals surface area contributed by atoms with Crippen molar-refractivity contribution in [3.63, 3.8) is 0 Å². The number of tetrazole rings is 1. The van der Waals surface area contributed by atoms with Gasteiger partial charge in [-0.3, -0.25) is 10.1 Å². The molecule has 0 aromatic carbocycles. The van der Waals surface area contributed by atoms with Crippen molar-refractivity contribution in [3.05, 3.63) is 24.2 Å². The summed E-state index contributed by atoms with van der Waals surface area (Å²) in [5, 5.41) is 16.6. The summed E-state index contributed by atoms with van der Waals surface area (Å²) in [6.07, 6.45) is 1.51. The van der Waals surface area contributed by atoms with Gasteiger partial charge in [-0.25, -0.2) is 9.48 Å². The molecule has 0 atom stereocenters. The SMILES string of the molecule is CC(C)Cn1nnnc1SCC(=O)NC(=O)NCc1ccco1. The van der Waals surface area contributed by atoms with Gasteiger partial charge in [0.05, 0.1) is 18.6 Å². The van der Waals surface area contributed by atoms with E-state index in [2.05, 4.69) is 26.2 Å². The van der Waals surface area contributed by atoms with Gasteiger partial charge < -0.3 is 9.73 Å². The highest BCUT2D eigenvalue weighted by atomic mass is 32.2. The summed E-state index contributed by atoms with van der Waals surface area (Å²) in [6.45, 7) is 4.98. The monoisotopic (exact) mass is 338 g/mol. The molecule has 0 radical (unpaired) electrons. The predicted molar refractivity (Wildman–Crippen MR) is 82.5 cm³/mol. The first-order valence-corrected chi connectivity index (χ1v) is 8.02. The maximum Gasteiger partial charge on any atom is 0.321 e. The molecule has 0 aliphatic carbocycles. The van der Waals surface area contributed by atoms with Crippen molar-refractivity contribution in [1.82, 2.24) is 30.8 Å². The number of urea groups is 1. The van der Waals surface area contributed by atoms with Crippen LogP contribution in [0.1, 0.15) is 19.6 Å². The molecule has 2 rings (SSSR count). The number of amides is 3. The van der Waals surface area contributed by atoms with Crippen LogP contribution in [-0.4, -0.2) is 37.9 Å². The van der Waals surface area contributed by atoms with Crippen LogP contribution >= 0.6 is 11.8 Å². The van der Waals surface area contributed by atoms with Gasteiger partial charge in [-0.15, -0.1) is 5.10 Å². The Balaban J connectivity index is 1.72. The van der Waals surface area contributed by atoms with Gasteiger partial charge in [0.1, 0.15) is 5.76 Å². The lowest BCUT2D eigenvalue weighted by Gasteiger charge is -2.07. The second-order valence-electron chi connectivity index (χ2n) is 5.14. The van der Waals surface area contributed by atoms with Crippen LogP contribution in [-0.2, 0) is 17.9 Å². The number of rotatable bonds is 7. The zero-order chi connectivity index (χ0) is 16.7. The first-order chi connectivity index (χ1) is 11.0. The van der Waals surface area contributed by atoms with Crippen LogP contribution in [0, 0.1) is 5.92 Å². The molecule has 10 heteroatoms. The normalized spacial score (nSPS) is 10.7. The Morgan fingerprint density at radius 2 is 2.26 bits per heavy atom. The Morgan fingerprint density at radius 1 is 1.43 bits per heavy atom. The van der Waals surface area contributed by atoms with Gasteiger partial charge >= 0.3 is 6.03 Å². The number of hydrogen-bond donors (Lipinski definition) is 2. The fourth-order valence-corrected chi connectivity index (χ4v) is 2.36. The number of carbonyl (C=O) groups is 2. The van der Waals surface area contributed by atoms with E-state index < -0.39 is 11.9 Å². The summed E-state index contributed by atoms with van der Waals surface area (Å²) >= 11 is 1.18. The van der Waals surface area contributed by atoms with Crippen molar-refractivity contribution in [2.45, 2.75) is 32.1 Å². The van der Waals surface area contributed by atoms with E-state index in [4.69, 9.17) is 4.42 Å². The Bertz CT molecular complexity index is 640. The summed E-state index contributed by atoms with van der Waals surface area (Å²) < 4.78 is 6.71. The third kappa shape index (κ3) is 5.74. The molecule has 0 aliphatic rings. The standard InChI is InChI=1S/C13H18N6O3S/c1-9(2)7-19-13(16-17-18-19)23-8-11(20)15-12(21)14-6-10-4-3-5-22-10/h3-5,9H,6-8H2,1-2H3,(H2,14,15,20,21). The van der Waals surface area contributed by atoms with Crippen molar-refractivity contribution in [2.24, 2.45) is 5.92 Å². The fourth-order valence-electron chi connectivity index (χ4n) is 1.68. The number of furan rings is 1. The molecule has 0 aliphatic heterocycles. The highest BCUT2D eigenvalue weighted by molar-refractivity contribution is 7.99. The number of thioether (sulfide) groups is 1. The van der Waals surface area contributed by atoms with Gasteiger partial charge in [-0.05, 0) is 28.5 Å². The molecule has 9 nitrogen and oxygen atoms in total. The Kier molecular flexibility index (Phi) is 6.15. The molecule has 0 spiro atoms. The van der Waals surface area contributed by atoms with E-state index in [1.165, 1.54) is 18.0 Å². The average Bonchev–Trinajstić information content (AvgIpc) is 3.14. The Morgan fingerprint density at radius 3 is 2.96 bits per heavy atom. The van der Waals surface area contributed by atoms with Gasteiger partial charge in [0.2, 0.25) is 11.1 Å². The van der Waals surface area contributed by atoms with Crippen molar-refractivity contribution < 1.29 is 14.0 Å². The number of imide groups is 1. The minimum absolute atomic E-state index is 0.0483. The van der Waals surface area contributed by atoms with Crippen LogP contribution in [0.4, 0.5) is 4.79 Å². The lowest BCUT2D eigenvalue weighted by atomic mass is 10.2. The Hall–Kier alpha value is -2.36. The number of carbonyl (C=O) groups excluding carboxylic acids is 2. The molecular weight excluding hydrogens is 320 g/mol. The first-order valence-electron chi connectivity index (χ1n) is 7.03. The lowest BCUT2D eigenvalue weighted by molar-refractivity contribution is -0.117. The summed E-state index contributed by atoms with van der Waals surface area (Å²) in [5.74, 6) is 0.618. The van der Waals surface area contributed by atoms with Crippen molar-refractivity contribution in [1.29, 1.82) is 0 Å². The fraction of sp³-hybridized carbons (Fsp3) is 0.462. The molecule has 0 fully saturated rings.